The summed E-state index contributed by atoms with van der Waals surface area (Å²) < 4.78 is 4.84. The van der Waals surface area contributed by atoms with Crippen LogP contribution in [0.2, 0.25) is 0 Å². The summed E-state index contributed by atoms with van der Waals surface area (Å²) in [5, 5.41) is 2.70. The van der Waals surface area contributed by atoms with E-state index >= 15 is 0 Å². The number of aryl methyl sites for hydroxylation is 1. The standard InChI is InChI=1S/C5H7NOS.C2H6/c1-4-3-8-5(6-4)7-2;1-2/h3H,1-2H3;1-2H3. The minimum absolute atomic E-state index is 0.738. The summed E-state index contributed by atoms with van der Waals surface area (Å²) >= 11 is 1.52. The summed E-state index contributed by atoms with van der Waals surface area (Å²) in [4.78, 5) is 4.03. The van der Waals surface area contributed by atoms with E-state index in [9.17, 15) is 0 Å². The average Bonchev–Trinajstić information content (AvgIpc) is 2.40. The minimum Gasteiger partial charge on any atom is -0.473 e. The van der Waals surface area contributed by atoms with E-state index in [4.69, 9.17) is 4.74 Å². The fourth-order valence-corrected chi connectivity index (χ4v) is 1.04. The zero-order valence-electron chi connectivity index (χ0n) is 6.84. The number of nitrogens with zero attached hydrogens (tertiary/aromatic N) is 1. The molecule has 1 rings (SSSR count). The molecule has 0 amide bonds. The molecule has 0 bridgehead atoms. The second-order valence-electron chi connectivity index (χ2n) is 1.46. The first kappa shape index (κ1) is 9.43. The van der Waals surface area contributed by atoms with E-state index in [0.29, 0.717) is 0 Å². The van der Waals surface area contributed by atoms with Gasteiger partial charge in [0.05, 0.1) is 12.8 Å². The molecule has 0 radical (unpaired) electrons. The normalized spacial score (nSPS) is 8.00. The Balaban J connectivity index is 0.000000371. The van der Waals surface area contributed by atoms with Gasteiger partial charge in [0.1, 0.15) is 0 Å². The van der Waals surface area contributed by atoms with Crippen LogP contribution in [0.3, 0.4) is 0 Å². The predicted molar refractivity (Wildman–Crippen MR) is 44.8 cm³/mol. The van der Waals surface area contributed by atoms with Crippen molar-refractivity contribution in [2.45, 2.75) is 20.8 Å². The lowest BCUT2D eigenvalue weighted by molar-refractivity contribution is 0.411. The van der Waals surface area contributed by atoms with Crippen molar-refractivity contribution in [3.8, 4) is 5.19 Å². The molecular formula is C7H13NOS. The Labute approximate surface area is 65.9 Å². The summed E-state index contributed by atoms with van der Waals surface area (Å²) in [6, 6.07) is 0. The Morgan fingerprint density at radius 1 is 1.50 bits per heavy atom. The second-order valence-corrected chi connectivity index (χ2v) is 2.28. The zero-order valence-corrected chi connectivity index (χ0v) is 7.66. The summed E-state index contributed by atoms with van der Waals surface area (Å²) in [5.74, 6) is 0. The van der Waals surface area contributed by atoms with Crippen molar-refractivity contribution in [1.29, 1.82) is 0 Å². The highest BCUT2D eigenvalue weighted by molar-refractivity contribution is 7.11. The van der Waals surface area contributed by atoms with Crippen molar-refractivity contribution in [3.05, 3.63) is 11.1 Å². The average molecular weight is 159 g/mol. The zero-order chi connectivity index (χ0) is 7.98. The van der Waals surface area contributed by atoms with E-state index in [0.717, 1.165) is 10.9 Å². The smallest absolute Gasteiger partial charge is 0.273 e. The lowest BCUT2D eigenvalue weighted by atomic mass is 10.6. The highest BCUT2D eigenvalue weighted by Crippen LogP contribution is 2.15. The second kappa shape index (κ2) is 5.23. The molecule has 0 aliphatic carbocycles. The van der Waals surface area contributed by atoms with Crippen molar-refractivity contribution < 1.29 is 4.74 Å². The van der Waals surface area contributed by atoms with Gasteiger partial charge in [-0.05, 0) is 6.92 Å². The number of hydrogen-bond donors (Lipinski definition) is 0. The Morgan fingerprint density at radius 2 is 2.10 bits per heavy atom. The van der Waals surface area contributed by atoms with Crippen molar-refractivity contribution in [1.82, 2.24) is 4.98 Å². The molecule has 0 aliphatic heterocycles. The summed E-state index contributed by atoms with van der Waals surface area (Å²) in [5.41, 5.74) is 1.02. The van der Waals surface area contributed by atoms with E-state index in [1.807, 2.05) is 26.2 Å². The third-order valence-corrected chi connectivity index (χ3v) is 1.69. The van der Waals surface area contributed by atoms with Gasteiger partial charge in [-0.1, -0.05) is 25.2 Å². The maximum Gasteiger partial charge on any atom is 0.273 e. The van der Waals surface area contributed by atoms with E-state index in [2.05, 4.69) is 4.98 Å². The number of thiazole rings is 1. The summed E-state index contributed by atoms with van der Waals surface area (Å²) in [6.45, 7) is 5.94. The molecule has 2 nitrogen and oxygen atoms in total. The first-order valence-electron chi connectivity index (χ1n) is 3.29. The maximum atomic E-state index is 4.84. The van der Waals surface area contributed by atoms with Crippen LogP contribution in [0.15, 0.2) is 5.38 Å². The molecule has 0 saturated heterocycles. The van der Waals surface area contributed by atoms with Gasteiger partial charge < -0.3 is 4.74 Å². The maximum absolute atomic E-state index is 4.84. The van der Waals surface area contributed by atoms with Crippen molar-refractivity contribution in [2.75, 3.05) is 7.11 Å². The van der Waals surface area contributed by atoms with Crippen LogP contribution in [0.25, 0.3) is 0 Å². The number of ether oxygens (including phenoxy) is 1. The van der Waals surface area contributed by atoms with Gasteiger partial charge in [-0.25, -0.2) is 4.98 Å². The Hall–Kier alpha value is -0.570. The van der Waals surface area contributed by atoms with Gasteiger partial charge in [0.15, 0.2) is 0 Å². The first-order chi connectivity index (χ1) is 4.83. The lowest BCUT2D eigenvalue weighted by Gasteiger charge is -1.85. The highest BCUT2D eigenvalue weighted by Gasteiger charge is 1.92. The van der Waals surface area contributed by atoms with Crippen molar-refractivity contribution in [2.24, 2.45) is 0 Å². The third-order valence-electron chi connectivity index (χ3n) is 0.773. The Bertz CT molecular complexity index is 174. The van der Waals surface area contributed by atoms with Crippen LogP contribution in [0.4, 0.5) is 0 Å². The molecule has 1 heterocycles. The van der Waals surface area contributed by atoms with E-state index in [1.165, 1.54) is 11.3 Å². The molecule has 1 aromatic rings. The first-order valence-corrected chi connectivity index (χ1v) is 4.17. The van der Waals surface area contributed by atoms with Gasteiger partial charge in [0, 0.05) is 5.38 Å². The van der Waals surface area contributed by atoms with Gasteiger partial charge in [-0.2, -0.15) is 0 Å². The van der Waals surface area contributed by atoms with Gasteiger partial charge in [0.2, 0.25) is 0 Å². The fourth-order valence-electron chi connectivity index (χ4n) is 0.426. The van der Waals surface area contributed by atoms with Crippen LogP contribution in [0.5, 0.6) is 5.19 Å². The van der Waals surface area contributed by atoms with Gasteiger partial charge >= 0.3 is 0 Å². The van der Waals surface area contributed by atoms with Crippen molar-refractivity contribution >= 4 is 11.3 Å². The molecule has 3 heteroatoms. The molecule has 0 fully saturated rings. The fraction of sp³-hybridized carbons (Fsp3) is 0.571. The van der Waals surface area contributed by atoms with Gasteiger partial charge in [0.25, 0.3) is 5.19 Å². The van der Waals surface area contributed by atoms with Crippen LogP contribution in [-0.2, 0) is 0 Å². The number of rotatable bonds is 1. The van der Waals surface area contributed by atoms with Gasteiger partial charge in [-0.15, -0.1) is 0 Å². The van der Waals surface area contributed by atoms with Crippen LogP contribution < -0.4 is 4.74 Å². The van der Waals surface area contributed by atoms with E-state index in [-0.39, 0.29) is 0 Å². The summed E-state index contributed by atoms with van der Waals surface area (Å²) in [7, 11) is 1.62. The molecule has 0 N–H and O–H groups in total. The molecule has 0 unspecified atom stereocenters. The van der Waals surface area contributed by atoms with E-state index in [1.54, 1.807) is 7.11 Å². The SMILES string of the molecule is CC.COc1nc(C)cs1. The Kier molecular flexibility index (Phi) is 4.94. The molecule has 0 aliphatic rings. The topological polar surface area (TPSA) is 22.1 Å². The van der Waals surface area contributed by atoms with Crippen LogP contribution in [0.1, 0.15) is 19.5 Å². The lowest BCUT2D eigenvalue weighted by Crippen LogP contribution is -1.79. The molecule has 10 heavy (non-hydrogen) atoms. The molecular weight excluding hydrogens is 146 g/mol. The number of methoxy groups -OCH3 is 1. The predicted octanol–water partition coefficient (Wildman–Crippen LogP) is 2.49. The number of aromatic nitrogens is 1. The van der Waals surface area contributed by atoms with Crippen LogP contribution in [0, 0.1) is 6.92 Å². The molecule has 0 atom stereocenters. The van der Waals surface area contributed by atoms with Crippen LogP contribution in [-0.4, -0.2) is 12.1 Å². The summed E-state index contributed by atoms with van der Waals surface area (Å²) in [6.07, 6.45) is 0. The van der Waals surface area contributed by atoms with Gasteiger partial charge in [-0.3, -0.25) is 0 Å². The monoisotopic (exact) mass is 159 g/mol. The van der Waals surface area contributed by atoms with E-state index < -0.39 is 0 Å². The molecule has 0 spiro atoms. The largest absolute Gasteiger partial charge is 0.473 e. The van der Waals surface area contributed by atoms with Crippen LogP contribution >= 0.6 is 11.3 Å². The molecule has 0 saturated carbocycles. The highest BCUT2D eigenvalue weighted by atomic mass is 32.1. The quantitative estimate of drug-likeness (QED) is 0.628. The Morgan fingerprint density at radius 3 is 2.30 bits per heavy atom. The minimum atomic E-state index is 0.738. The third kappa shape index (κ3) is 2.82. The molecule has 58 valence electrons. The number of hydrogen-bond acceptors (Lipinski definition) is 3. The molecule has 1 aromatic heterocycles. The molecule has 0 aromatic carbocycles. The van der Waals surface area contributed by atoms with Crippen molar-refractivity contribution in [3.63, 3.8) is 0 Å².